The van der Waals surface area contributed by atoms with Crippen molar-refractivity contribution < 1.29 is 5.11 Å². The molecule has 0 spiro atoms. The van der Waals surface area contributed by atoms with Crippen molar-refractivity contribution in [2.75, 3.05) is 6.61 Å². The summed E-state index contributed by atoms with van der Waals surface area (Å²) in [5.74, 6) is 0. The van der Waals surface area contributed by atoms with Gasteiger partial charge >= 0.3 is 29.6 Å². The van der Waals surface area contributed by atoms with Crippen molar-refractivity contribution >= 4 is 29.6 Å². The maximum atomic E-state index is 7.46. The molecule has 0 bridgehead atoms. The second-order valence-corrected chi connectivity index (χ2v) is 0.224. The number of rotatable bonds is 0. The van der Waals surface area contributed by atoms with Crippen molar-refractivity contribution in [3.05, 3.63) is 6.92 Å². The van der Waals surface area contributed by atoms with E-state index in [4.69, 9.17) is 5.11 Å². The Bertz CT molecular complexity index is 6.00. The molecule has 2 heteroatoms. The Hall–Kier alpha value is 0.960. The van der Waals surface area contributed by atoms with Gasteiger partial charge in [-0.2, -0.15) is 0 Å². The number of hydrogen-bond acceptors (Lipinski definition) is 1. The minimum atomic E-state index is 0. The van der Waals surface area contributed by atoms with Crippen LogP contribution >= 0.6 is 0 Å². The van der Waals surface area contributed by atoms with Crippen LogP contribution in [-0.4, -0.2) is 41.3 Å². The summed E-state index contributed by atoms with van der Waals surface area (Å²) in [6.45, 7) is 3.04. The van der Waals surface area contributed by atoms with Crippen LogP contribution < -0.4 is 0 Å². The Morgan fingerprint density at radius 2 is 1.75 bits per heavy atom. The second-order valence-electron chi connectivity index (χ2n) is 0.224. The third-order valence-corrected chi connectivity index (χ3v) is 0. The Balaban J connectivity index is 0. The van der Waals surface area contributed by atoms with Gasteiger partial charge in [-0.1, -0.05) is 0 Å². The molecule has 1 N–H and O–H groups in total. The van der Waals surface area contributed by atoms with Crippen molar-refractivity contribution in [2.24, 2.45) is 0 Å². The van der Waals surface area contributed by atoms with Gasteiger partial charge in [0.25, 0.3) is 0 Å². The fraction of sp³-hybridized carbons (Fsp3) is 0.500. The molecule has 0 atom stereocenters. The maximum absolute atomic E-state index is 7.46. The van der Waals surface area contributed by atoms with Gasteiger partial charge in [-0.3, -0.25) is 0 Å². The van der Waals surface area contributed by atoms with Crippen LogP contribution in [0.15, 0.2) is 0 Å². The quantitative estimate of drug-likeness (QED) is 0.368. The van der Waals surface area contributed by atoms with Gasteiger partial charge < -0.3 is 5.11 Å². The molecule has 0 amide bonds. The number of aliphatic hydroxyl groups excluding tert-OH is 1. The average Bonchev–Trinajstić information content (AvgIpc) is 0.918. The molecule has 0 aliphatic carbocycles. The molecule has 0 aromatic rings. The van der Waals surface area contributed by atoms with Gasteiger partial charge in [-0.15, -0.1) is 0 Å². The third kappa shape index (κ3) is 12.3. The average molecular weight is 69.1 g/mol. The summed E-state index contributed by atoms with van der Waals surface area (Å²) in [7, 11) is 0. The Morgan fingerprint density at radius 1 is 1.75 bits per heavy atom. The van der Waals surface area contributed by atoms with Gasteiger partial charge in [-0.05, 0) is 6.92 Å². The van der Waals surface area contributed by atoms with E-state index in [9.17, 15) is 0 Å². The molecule has 1 radical (unpaired) electrons. The molecular weight excluding hydrogens is 63.0 g/mol. The molecule has 0 unspecified atom stereocenters. The van der Waals surface area contributed by atoms with Crippen LogP contribution in [0.4, 0.5) is 0 Å². The van der Waals surface area contributed by atoms with Crippen LogP contribution in [0.5, 0.6) is 0 Å². The van der Waals surface area contributed by atoms with E-state index in [1.54, 1.807) is 0 Å². The first kappa shape index (κ1) is 8.88. The van der Waals surface area contributed by atoms with Crippen molar-refractivity contribution in [3.63, 3.8) is 0 Å². The molecule has 0 heterocycles. The molecule has 0 saturated heterocycles. The molecule has 0 aliphatic heterocycles. The van der Waals surface area contributed by atoms with Crippen molar-refractivity contribution in [2.45, 2.75) is 0 Å². The Kier molecular flexibility index (Phi) is 20.0. The standard InChI is InChI=1S/C2H5O.Na.H/c1-2-3;;/h3H,1-2H2;;. The third-order valence-electron chi connectivity index (χ3n) is 0. The fourth-order valence-electron chi connectivity index (χ4n) is 0. The normalized spacial score (nSPS) is 4.50. The van der Waals surface area contributed by atoms with E-state index in [0.29, 0.717) is 0 Å². The first-order valence-corrected chi connectivity index (χ1v) is 0.816. The minimum absolute atomic E-state index is 0. The summed E-state index contributed by atoms with van der Waals surface area (Å²) >= 11 is 0. The molecular formula is C2H6NaO. The molecule has 4 heavy (non-hydrogen) atoms. The van der Waals surface area contributed by atoms with Crippen LogP contribution in [0.3, 0.4) is 0 Å². The summed E-state index contributed by atoms with van der Waals surface area (Å²) in [4.78, 5) is 0. The van der Waals surface area contributed by atoms with Gasteiger partial charge in [0, 0.05) is 6.61 Å². The Labute approximate surface area is 48.3 Å². The summed E-state index contributed by atoms with van der Waals surface area (Å²) in [5.41, 5.74) is 0. The molecule has 21 valence electrons. The van der Waals surface area contributed by atoms with E-state index in [0.717, 1.165) is 0 Å². The molecule has 0 aliphatic rings. The van der Waals surface area contributed by atoms with Crippen LogP contribution in [0.1, 0.15) is 0 Å². The summed E-state index contributed by atoms with van der Waals surface area (Å²) in [5, 5.41) is 7.46. The molecule has 1 nitrogen and oxygen atoms in total. The van der Waals surface area contributed by atoms with Gasteiger partial charge in [0.2, 0.25) is 0 Å². The molecule has 0 fully saturated rings. The zero-order valence-electron chi connectivity index (χ0n) is 1.86. The zero-order chi connectivity index (χ0) is 2.71. The first-order chi connectivity index (χ1) is 1.41. The topological polar surface area (TPSA) is 20.2 Å². The number of aliphatic hydroxyl groups is 1. The predicted octanol–water partition coefficient (Wildman–Crippen LogP) is -0.836. The second kappa shape index (κ2) is 9.03. The number of hydrogen-bond donors (Lipinski definition) is 1. The summed E-state index contributed by atoms with van der Waals surface area (Å²) in [6, 6.07) is 0. The van der Waals surface area contributed by atoms with Crippen molar-refractivity contribution in [1.82, 2.24) is 0 Å². The molecule has 0 rings (SSSR count). The Morgan fingerprint density at radius 3 is 1.75 bits per heavy atom. The van der Waals surface area contributed by atoms with E-state index >= 15 is 0 Å². The van der Waals surface area contributed by atoms with Gasteiger partial charge in [0.15, 0.2) is 0 Å². The first-order valence-electron chi connectivity index (χ1n) is 0.816. The van der Waals surface area contributed by atoms with Crippen LogP contribution in [-0.2, 0) is 0 Å². The fourth-order valence-corrected chi connectivity index (χ4v) is 0. The summed E-state index contributed by atoms with van der Waals surface area (Å²) < 4.78 is 0. The van der Waals surface area contributed by atoms with Gasteiger partial charge in [0.05, 0.1) is 0 Å². The van der Waals surface area contributed by atoms with Gasteiger partial charge in [-0.25, -0.2) is 0 Å². The van der Waals surface area contributed by atoms with Crippen LogP contribution in [0, 0.1) is 6.92 Å². The monoisotopic (exact) mass is 69.0 g/mol. The van der Waals surface area contributed by atoms with E-state index in [1.165, 1.54) is 0 Å². The van der Waals surface area contributed by atoms with Crippen LogP contribution in [0.2, 0.25) is 0 Å². The molecule has 0 saturated carbocycles. The van der Waals surface area contributed by atoms with E-state index in [1.807, 2.05) is 0 Å². The van der Waals surface area contributed by atoms with E-state index in [2.05, 4.69) is 6.92 Å². The predicted molar refractivity (Wildman–Crippen MR) is 19.6 cm³/mol. The van der Waals surface area contributed by atoms with E-state index in [-0.39, 0.29) is 36.2 Å². The van der Waals surface area contributed by atoms with E-state index < -0.39 is 0 Å². The zero-order valence-corrected chi connectivity index (χ0v) is 1.86. The van der Waals surface area contributed by atoms with Gasteiger partial charge in [0.1, 0.15) is 0 Å². The van der Waals surface area contributed by atoms with Crippen molar-refractivity contribution in [1.29, 1.82) is 0 Å². The molecule has 0 aromatic carbocycles. The van der Waals surface area contributed by atoms with Crippen molar-refractivity contribution in [3.8, 4) is 0 Å². The molecule has 0 aromatic heterocycles. The SMILES string of the molecule is [CH2]CO.[NaH]. The summed E-state index contributed by atoms with van der Waals surface area (Å²) in [6.07, 6.45) is 0. The van der Waals surface area contributed by atoms with Crippen LogP contribution in [0.25, 0.3) is 0 Å².